The van der Waals surface area contributed by atoms with Crippen molar-refractivity contribution >= 4 is 5.96 Å². The Morgan fingerprint density at radius 1 is 1.33 bits per heavy atom. The lowest BCUT2D eigenvalue weighted by molar-refractivity contribution is -0.0971. The second kappa shape index (κ2) is 8.38. The first-order chi connectivity index (χ1) is 11.4. The van der Waals surface area contributed by atoms with E-state index in [4.69, 9.17) is 14.5 Å². The lowest BCUT2D eigenvalue weighted by Gasteiger charge is -2.38. The van der Waals surface area contributed by atoms with Crippen LogP contribution in [0.2, 0.25) is 0 Å². The highest BCUT2D eigenvalue weighted by Gasteiger charge is 2.33. The maximum absolute atomic E-state index is 5.93. The van der Waals surface area contributed by atoms with Crippen LogP contribution in [0.25, 0.3) is 0 Å². The Morgan fingerprint density at radius 3 is 2.67 bits per heavy atom. The molecule has 2 N–H and O–H groups in total. The summed E-state index contributed by atoms with van der Waals surface area (Å²) in [6.07, 6.45) is 0.152. The van der Waals surface area contributed by atoms with Gasteiger partial charge in [-0.25, -0.2) is 4.99 Å². The molecule has 1 heterocycles. The minimum atomic E-state index is 0.152. The first-order valence-corrected chi connectivity index (χ1v) is 8.78. The number of guanidine groups is 1. The van der Waals surface area contributed by atoms with Crippen LogP contribution in [0.3, 0.4) is 0 Å². The molecule has 24 heavy (non-hydrogen) atoms. The van der Waals surface area contributed by atoms with Crippen molar-refractivity contribution in [2.45, 2.75) is 47.3 Å². The zero-order valence-corrected chi connectivity index (χ0v) is 15.6. The van der Waals surface area contributed by atoms with Crippen molar-refractivity contribution in [3.05, 3.63) is 29.3 Å². The van der Waals surface area contributed by atoms with E-state index in [2.05, 4.69) is 49.6 Å². The number of hydrogen-bond donors (Lipinski definition) is 2. The van der Waals surface area contributed by atoms with Gasteiger partial charge in [0.1, 0.15) is 5.75 Å². The summed E-state index contributed by atoms with van der Waals surface area (Å²) < 4.78 is 11.2. The van der Waals surface area contributed by atoms with Crippen molar-refractivity contribution in [1.29, 1.82) is 0 Å². The molecule has 0 radical (unpaired) electrons. The first-order valence-electron chi connectivity index (χ1n) is 8.78. The molecule has 2 rings (SSSR count). The molecule has 0 spiro atoms. The second-order valence-corrected chi connectivity index (χ2v) is 7.13. The summed E-state index contributed by atoms with van der Waals surface area (Å²) in [6, 6.07) is 6.28. The minimum Gasteiger partial charge on any atom is -0.491 e. The van der Waals surface area contributed by atoms with Crippen LogP contribution in [0.15, 0.2) is 23.2 Å². The second-order valence-electron chi connectivity index (χ2n) is 7.13. The number of aliphatic imine (C=N–C) groups is 1. The summed E-state index contributed by atoms with van der Waals surface area (Å²) in [5.41, 5.74) is 2.51. The van der Waals surface area contributed by atoms with Crippen LogP contribution in [0, 0.1) is 12.3 Å². The number of rotatable bonds is 7. The molecule has 0 aromatic heterocycles. The lowest BCUT2D eigenvalue weighted by atomic mass is 9.89. The number of ether oxygens (including phenoxy) is 2. The van der Waals surface area contributed by atoms with Crippen LogP contribution in [0.5, 0.6) is 5.75 Å². The molecule has 1 aromatic rings. The number of nitrogens with zero attached hydrogens (tertiary/aromatic N) is 1. The Hall–Kier alpha value is -1.75. The maximum Gasteiger partial charge on any atom is 0.191 e. The van der Waals surface area contributed by atoms with E-state index in [1.807, 2.05) is 13.8 Å². The molecule has 1 aromatic carbocycles. The van der Waals surface area contributed by atoms with Crippen molar-refractivity contribution < 1.29 is 9.47 Å². The molecule has 5 nitrogen and oxygen atoms in total. The summed E-state index contributed by atoms with van der Waals surface area (Å²) in [5.74, 6) is 1.76. The fraction of sp³-hybridized carbons (Fsp3) is 0.632. The summed E-state index contributed by atoms with van der Waals surface area (Å²) in [5, 5.41) is 6.73. The average molecular weight is 333 g/mol. The smallest absolute Gasteiger partial charge is 0.191 e. The van der Waals surface area contributed by atoms with Crippen LogP contribution >= 0.6 is 0 Å². The Morgan fingerprint density at radius 2 is 2.08 bits per heavy atom. The van der Waals surface area contributed by atoms with Crippen molar-refractivity contribution in [1.82, 2.24) is 10.6 Å². The van der Waals surface area contributed by atoms with E-state index < -0.39 is 0 Å². The van der Waals surface area contributed by atoms with Gasteiger partial charge >= 0.3 is 0 Å². The zero-order chi connectivity index (χ0) is 17.6. The van der Waals surface area contributed by atoms with Gasteiger partial charge in [-0.15, -0.1) is 0 Å². The van der Waals surface area contributed by atoms with Crippen LogP contribution in [0.4, 0.5) is 0 Å². The normalized spacial score (nSPS) is 16.7. The Balaban J connectivity index is 2.04. The molecule has 134 valence electrons. The predicted octanol–water partition coefficient (Wildman–Crippen LogP) is 2.87. The predicted molar refractivity (Wildman–Crippen MR) is 98.7 cm³/mol. The third-order valence-corrected chi connectivity index (χ3v) is 3.92. The van der Waals surface area contributed by atoms with Gasteiger partial charge in [-0.1, -0.05) is 19.1 Å². The summed E-state index contributed by atoms with van der Waals surface area (Å²) in [6.45, 7) is 14.4. The number of aryl methyl sites for hydroxylation is 1. The zero-order valence-electron chi connectivity index (χ0n) is 15.6. The Kier molecular flexibility index (Phi) is 6.49. The largest absolute Gasteiger partial charge is 0.491 e. The van der Waals surface area contributed by atoms with Gasteiger partial charge in [-0.05, 0) is 39.3 Å². The lowest BCUT2D eigenvalue weighted by Crippen LogP contribution is -2.51. The van der Waals surface area contributed by atoms with E-state index in [0.717, 1.165) is 43.6 Å². The van der Waals surface area contributed by atoms with Crippen molar-refractivity contribution in [3.63, 3.8) is 0 Å². The van der Waals surface area contributed by atoms with E-state index in [0.29, 0.717) is 6.54 Å². The molecule has 0 unspecified atom stereocenters. The standard InChI is InChI=1S/C19H31N3O2/c1-6-20-18(22-11-19(5)12-23-13-19)21-10-16-8-7-15(4)9-17(16)24-14(2)3/h7-9,14H,6,10-13H2,1-5H3,(H2,20,21,22). The SMILES string of the molecule is CCNC(=NCc1ccc(C)cc1OC(C)C)NCC1(C)COC1. The van der Waals surface area contributed by atoms with E-state index in [1.54, 1.807) is 0 Å². The van der Waals surface area contributed by atoms with E-state index in [-0.39, 0.29) is 11.5 Å². The highest BCUT2D eigenvalue weighted by atomic mass is 16.5. The first kappa shape index (κ1) is 18.6. The summed E-state index contributed by atoms with van der Waals surface area (Å²) >= 11 is 0. The molecule has 0 aliphatic carbocycles. The average Bonchev–Trinajstić information content (AvgIpc) is 2.49. The molecule has 1 aliphatic rings. The van der Waals surface area contributed by atoms with Gasteiger partial charge in [0.25, 0.3) is 0 Å². The van der Waals surface area contributed by atoms with Crippen LogP contribution in [-0.4, -0.2) is 38.4 Å². The molecule has 1 saturated heterocycles. The molecule has 0 saturated carbocycles. The fourth-order valence-corrected chi connectivity index (χ4v) is 2.51. The Bertz CT molecular complexity index is 566. The fourth-order valence-electron chi connectivity index (χ4n) is 2.51. The van der Waals surface area contributed by atoms with Gasteiger partial charge in [-0.3, -0.25) is 0 Å². The molecular formula is C19H31N3O2. The maximum atomic E-state index is 5.93. The molecule has 1 aliphatic heterocycles. The van der Waals surface area contributed by atoms with E-state index >= 15 is 0 Å². The van der Waals surface area contributed by atoms with Crippen molar-refractivity contribution in [2.75, 3.05) is 26.3 Å². The number of benzene rings is 1. The van der Waals surface area contributed by atoms with Crippen molar-refractivity contribution in [3.8, 4) is 5.75 Å². The molecule has 1 fully saturated rings. The molecule has 5 heteroatoms. The van der Waals surface area contributed by atoms with Crippen LogP contribution in [0.1, 0.15) is 38.8 Å². The van der Waals surface area contributed by atoms with Gasteiger partial charge in [0.2, 0.25) is 0 Å². The van der Waals surface area contributed by atoms with Crippen LogP contribution < -0.4 is 15.4 Å². The third-order valence-electron chi connectivity index (χ3n) is 3.92. The molecule has 0 bridgehead atoms. The number of nitrogens with one attached hydrogen (secondary N) is 2. The highest BCUT2D eigenvalue weighted by molar-refractivity contribution is 5.79. The third kappa shape index (κ3) is 5.41. The van der Waals surface area contributed by atoms with Gasteiger partial charge < -0.3 is 20.1 Å². The van der Waals surface area contributed by atoms with Gasteiger partial charge in [0.05, 0.1) is 25.9 Å². The quantitative estimate of drug-likeness (QED) is 0.595. The van der Waals surface area contributed by atoms with Gasteiger partial charge in [0.15, 0.2) is 5.96 Å². The summed E-state index contributed by atoms with van der Waals surface area (Å²) in [7, 11) is 0. The van der Waals surface area contributed by atoms with E-state index in [1.165, 1.54) is 5.56 Å². The van der Waals surface area contributed by atoms with Gasteiger partial charge in [-0.2, -0.15) is 0 Å². The molecule has 0 atom stereocenters. The number of hydrogen-bond acceptors (Lipinski definition) is 3. The van der Waals surface area contributed by atoms with Crippen molar-refractivity contribution in [2.24, 2.45) is 10.4 Å². The monoisotopic (exact) mass is 333 g/mol. The van der Waals surface area contributed by atoms with E-state index in [9.17, 15) is 0 Å². The van der Waals surface area contributed by atoms with Crippen LogP contribution in [-0.2, 0) is 11.3 Å². The van der Waals surface area contributed by atoms with Gasteiger partial charge in [0, 0.05) is 24.1 Å². The Labute approximate surface area is 145 Å². The highest BCUT2D eigenvalue weighted by Crippen LogP contribution is 2.25. The molecular weight excluding hydrogens is 302 g/mol. The summed E-state index contributed by atoms with van der Waals surface area (Å²) in [4.78, 5) is 4.72. The minimum absolute atomic E-state index is 0.152. The topological polar surface area (TPSA) is 54.9 Å². The molecule has 0 amide bonds.